The second-order valence-electron chi connectivity index (χ2n) is 9.37. The fourth-order valence-corrected chi connectivity index (χ4v) is 4.91. The number of aryl methyl sites for hydroxylation is 1. The molecule has 7 heteroatoms. The number of morpholine rings is 1. The lowest BCUT2D eigenvalue weighted by molar-refractivity contribution is -0.142. The van der Waals surface area contributed by atoms with Crippen molar-refractivity contribution in [1.82, 2.24) is 9.88 Å². The van der Waals surface area contributed by atoms with Crippen LogP contribution in [-0.4, -0.2) is 60.7 Å². The second kappa shape index (κ2) is 9.67. The molecule has 0 aliphatic carbocycles. The Hall–Kier alpha value is -4.23. The highest BCUT2D eigenvalue weighted by molar-refractivity contribution is 6.15. The monoisotopic (exact) mass is 493 g/mol. The summed E-state index contributed by atoms with van der Waals surface area (Å²) in [5, 5.41) is 0.767. The Morgan fingerprint density at radius 3 is 2.46 bits per heavy atom. The normalized spacial score (nSPS) is 17.3. The van der Waals surface area contributed by atoms with Gasteiger partial charge in [0.05, 0.1) is 42.2 Å². The van der Waals surface area contributed by atoms with Gasteiger partial charge in [-0.1, -0.05) is 60.2 Å². The summed E-state index contributed by atoms with van der Waals surface area (Å²) < 4.78 is 11.5. The molecule has 186 valence electrons. The largest absolute Gasteiger partial charge is 0.476 e. The molecule has 1 atom stereocenters. The number of para-hydroxylation sites is 3. The van der Waals surface area contributed by atoms with Gasteiger partial charge >= 0.3 is 0 Å². The van der Waals surface area contributed by atoms with E-state index in [-0.39, 0.29) is 18.4 Å². The first-order valence-corrected chi connectivity index (χ1v) is 12.5. The molecule has 2 aliphatic rings. The van der Waals surface area contributed by atoms with Crippen LogP contribution in [0.2, 0.25) is 0 Å². The molecule has 4 aromatic rings. The number of benzene rings is 3. The van der Waals surface area contributed by atoms with Gasteiger partial charge in [0, 0.05) is 24.0 Å². The average molecular weight is 494 g/mol. The smallest absolute Gasteiger partial charge is 0.265 e. The average Bonchev–Trinajstić information content (AvgIpc) is 2.96. The molecule has 0 radical (unpaired) electrons. The molecule has 3 aromatic carbocycles. The van der Waals surface area contributed by atoms with Gasteiger partial charge in [0.15, 0.2) is 6.10 Å². The van der Waals surface area contributed by atoms with Crippen molar-refractivity contribution in [3.05, 3.63) is 90.0 Å². The molecule has 1 saturated heterocycles. The Balaban J connectivity index is 1.42. The maximum Gasteiger partial charge on any atom is 0.265 e. The van der Waals surface area contributed by atoms with E-state index < -0.39 is 6.10 Å². The first-order chi connectivity index (χ1) is 18.1. The SMILES string of the molecule is Cc1ccc(-c2cc(C(=O)N3CC(C(=O)N4CCOCC4)Oc4ccccc43)c3ccccc3n2)cc1. The van der Waals surface area contributed by atoms with E-state index in [0.29, 0.717) is 43.3 Å². The minimum absolute atomic E-state index is 0.128. The zero-order chi connectivity index (χ0) is 25.4. The highest BCUT2D eigenvalue weighted by atomic mass is 16.5. The number of nitrogens with zero attached hydrogens (tertiary/aromatic N) is 3. The number of carbonyl (C=O) groups is 2. The van der Waals surface area contributed by atoms with E-state index in [1.165, 1.54) is 0 Å². The van der Waals surface area contributed by atoms with Crippen molar-refractivity contribution >= 4 is 28.4 Å². The summed E-state index contributed by atoms with van der Waals surface area (Å²) in [4.78, 5) is 35.9. The summed E-state index contributed by atoms with van der Waals surface area (Å²) >= 11 is 0. The van der Waals surface area contributed by atoms with Crippen LogP contribution < -0.4 is 9.64 Å². The van der Waals surface area contributed by atoms with Crippen molar-refractivity contribution < 1.29 is 19.1 Å². The van der Waals surface area contributed by atoms with Crippen LogP contribution in [0, 0.1) is 6.92 Å². The van der Waals surface area contributed by atoms with Crippen LogP contribution in [0.5, 0.6) is 5.75 Å². The quantitative estimate of drug-likeness (QED) is 0.421. The number of pyridine rings is 1. The molecule has 3 heterocycles. The molecule has 37 heavy (non-hydrogen) atoms. The summed E-state index contributed by atoms with van der Waals surface area (Å²) in [7, 11) is 0. The summed E-state index contributed by atoms with van der Waals surface area (Å²) in [6.07, 6.45) is -0.790. The number of carbonyl (C=O) groups excluding carboxylic acids is 2. The van der Waals surface area contributed by atoms with Gasteiger partial charge in [0.25, 0.3) is 11.8 Å². The summed E-state index contributed by atoms with van der Waals surface area (Å²) in [5.74, 6) is 0.198. The van der Waals surface area contributed by atoms with E-state index >= 15 is 0 Å². The zero-order valence-electron chi connectivity index (χ0n) is 20.6. The molecule has 0 bridgehead atoms. The molecule has 0 N–H and O–H groups in total. The van der Waals surface area contributed by atoms with Crippen LogP contribution in [0.15, 0.2) is 78.9 Å². The third-order valence-electron chi connectivity index (χ3n) is 6.91. The molecule has 1 fully saturated rings. The molecule has 1 unspecified atom stereocenters. The van der Waals surface area contributed by atoms with E-state index in [1.54, 1.807) is 15.9 Å². The van der Waals surface area contributed by atoms with Crippen molar-refractivity contribution in [3.63, 3.8) is 0 Å². The van der Waals surface area contributed by atoms with Crippen LogP contribution in [0.3, 0.4) is 0 Å². The lowest BCUT2D eigenvalue weighted by Gasteiger charge is -2.37. The number of ether oxygens (including phenoxy) is 2. The first-order valence-electron chi connectivity index (χ1n) is 12.5. The maximum absolute atomic E-state index is 14.3. The lowest BCUT2D eigenvalue weighted by Crippen LogP contribution is -2.54. The molecular weight excluding hydrogens is 466 g/mol. The highest BCUT2D eigenvalue weighted by Crippen LogP contribution is 2.36. The fraction of sp³-hybridized carbons (Fsp3) is 0.233. The van der Waals surface area contributed by atoms with E-state index in [1.807, 2.05) is 79.7 Å². The molecule has 2 aliphatic heterocycles. The summed E-state index contributed by atoms with van der Waals surface area (Å²) in [6, 6.07) is 25.0. The van der Waals surface area contributed by atoms with Crippen molar-refractivity contribution in [3.8, 4) is 17.0 Å². The number of amides is 2. The number of fused-ring (bicyclic) bond motifs is 2. The molecule has 0 saturated carbocycles. The molecule has 1 aromatic heterocycles. The van der Waals surface area contributed by atoms with E-state index in [0.717, 1.165) is 27.7 Å². The van der Waals surface area contributed by atoms with Crippen LogP contribution in [0.4, 0.5) is 5.69 Å². The third-order valence-corrected chi connectivity index (χ3v) is 6.91. The van der Waals surface area contributed by atoms with Crippen LogP contribution in [-0.2, 0) is 9.53 Å². The molecule has 2 amide bonds. The number of hydrogen-bond acceptors (Lipinski definition) is 5. The number of hydrogen-bond donors (Lipinski definition) is 0. The Kier molecular flexibility index (Phi) is 6.06. The minimum Gasteiger partial charge on any atom is -0.476 e. The van der Waals surface area contributed by atoms with Gasteiger partial charge < -0.3 is 19.3 Å². The van der Waals surface area contributed by atoms with Crippen molar-refractivity contribution in [2.75, 3.05) is 37.7 Å². The number of rotatable bonds is 3. The Bertz CT molecular complexity index is 1480. The summed E-state index contributed by atoms with van der Waals surface area (Å²) in [6.45, 7) is 4.21. The predicted octanol–water partition coefficient (Wildman–Crippen LogP) is 4.48. The Morgan fingerprint density at radius 1 is 0.919 bits per heavy atom. The fourth-order valence-electron chi connectivity index (χ4n) is 4.91. The Labute approximate surface area is 215 Å². The van der Waals surface area contributed by atoms with E-state index in [9.17, 15) is 9.59 Å². The zero-order valence-corrected chi connectivity index (χ0v) is 20.6. The van der Waals surface area contributed by atoms with Crippen molar-refractivity contribution in [2.24, 2.45) is 0 Å². The number of anilines is 1. The predicted molar refractivity (Wildman–Crippen MR) is 142 cm³/mol. The van der Waals surface area contributed by atoms with Crippen molar-refractivity contribution in [2.45, 2.75) is 13.0 Å². The maximum atomic E-state index is 14.3. The van der Waals surface area contributed by atoms with Gasteiger partial charge in [0.1, 0.15) is 5.75 Å². The highest BCUT2D eigenvalue weighted by Gasteiger charge is 2.37. The van der Waals surface area contributed by atoms with Crippen LogP contribution in [0.1, 0.15) is 15.9 Å². The van der Waals surface area contributed by atoms with Crippen LogP contribution in [0.25, 0.3) is 22.2 Å². The van der Waals surface area contributed by atoms with Gasteiger partial charge in [0.2, 0.25) is 0 Å². The Morgan fingerprint density at radius 2 is 1.65 bits per heavy atom. The van der Waals surface area contributed by atoms with E-state index in [2.05, 4.69) is 0 Å². The number of aromatic nitrogens is 1. The standard InChI is InChI=1S/C30H27N3O4/c1-20-10-12-21(13-11-20)25-18-23(22-6-2-3-7-24(22)31-25)29(34)33-19-28(30(35)32-14-16-36-17-15-32)37-27-9-5-4-8-26(27)33/h2-13,18,28H,14-17,19H2,1H3. The minimum atomic E-state index is -0.790. The van der Waals surface area contributed by atoms with Crippen molar-refractivity contribution in [1.29, 1.82) is 0 Å². The summed E-state index contributed by atoms with van der Waals surface area (Å²) in [5.41, 5.74) is 4.75. The van der Waals surface area contributed by atoms with Crippen LogP contribution >= 0.6 is 0 Å². The molecule has 0 spiro atoms. The van der Waals surface area contributed by atoms with E-state index in [4.69, 9.17) is 14.5 Å². The third kappa shape index (κ3) is 4.42. The van der Waals surface area contributed by atoms with Gasteiger partial charge in [-0.2, -0.15) is 0 Å². The molecule has 6 rings (SSSR count). The van der Waals surface area contributed by atoms with Gasteiger partial charge in [-0.3, -0.25) is 9.59 Å². The second-order valence-corrected chi connectivity index (χ2v) is 9.37. The molecular formula is C30H27N3O4. The first kappa shape index (κ1) is 23.2. The van der Waals surface area contributed by atoms with Gasteiger partial charge in [-0.15, -0.1) is 0 Å². The van der Waals surface area contributed by atoms with Gasteiger partial charge in [-0.05, 0) is 31.2 Å². The lowest BCUT2D eigenvalue weighted by atomic mass is 10.0. The topological polar surface area (TPSA) is 72.0 Å². The molecule has 7 nitrogen and oxygen atoms in total. The van der Waals surface area contributed by atoms with Gasteiger partial charge in [-0.25, -0.2) is 4.98 Å².